The van der Waals surface area contributed by atoms with E-state index < -0.39 is 0 Å². The fourth-order valence-corrected chi connectivity index (χ4v) is 4.48. The SMILES string of the molecule is CCCNC1CCC(C(C)(C)C)CC1CCc1cccs1. The zero-order valence-electron chi connectivity index (χ0n) is 14.3. The summed E-state index contributed by atoms with van der Waals surface area (Å²) in [6, 6.07) is 5.23. The first-order chi connectivity index (χ1) is 10.0. The molecule has 0 saturated heterocycles. The molecule has 0 radical (unpaired) electrons. The number of thiophene rings is 1. The van der Waals surface area contributed by atoms with Crippen LogP contribution in [0.4, 0.5) is 0 Å². The van der Waals surface area contributed by atoms with Crippen LogP contribution in [-0.4, -0.2) is 12.6 Å². The Bertz CT molecular complexity index is 390. The van der Waals surface area contributed by atoms with Crippen LogP contribution in [-0.2, 0) is 6.42 Å². The minimum absolute atomic E-state index is 0.469. The largest absolute Gasteiger partial charge is 0.314 e. The summed E-state index contributed by atoms with van der Waals surface area (Å²) in [6.07, 6.45) is 8.06. The van der Waals surface area contributed by atoms with Gasteiger partial charge in [-0.2, -0.15) is 0 Å². The third-order valence-electron chi connectivity index (χ3n) is 5.21. The predicted octanol–water partition coefficient (Wildman–Crippen LogP) is 5.51. The maximum atomic E-state index is 3.83. The second kappa shape index (κ2) is 7.78. The Kier molecular flexibility index (Phi) is 6.31. The van der Waals surface area contributed by atoms with Crippen LogP contribution < -0.4 is 5.32 Å². The lowest BCUT2D eigenvalue weighted by molar-refractivity contribution is 0.110. The average Bonchev–Trinajstić information content (AvgIpc) is 2.95. The summed E-state index contributed by atoms with van der Waals surface area (Å²) in [5, 5.41) is 6.04. The van der Waals surface area contributed by atoms with Crippen LogP contribution in [0.5, 0.6) is 0 Å². The van der Waals surface area contributed by atoms with Crippen LogP contribution in [0.1, 0.15) is 64.7 Å². The first kappa shape index (κ1) is 17.0. The highest BCUT2D eigenvalue weighted by Gasteiger charge is 2.35. The second-order valence-corrected chi connectivity index (χ2v) is 8.85. The number of hydrogen-bond donors (Lipinski definition) is 1. The molecule has 1 aliphatic carbocycles. The minimum atomic E-state index is 0.469. The molecule has 1 N–H and O–H groups in total. The molecule has 1 heterocycles. The van der Waals surface area contributed by atoms with Gasteiger partial charge >= 0.3 is 0 Å². The lowest BCUT2D eigenvalue weighted by Gasteiger charge is -2.42. The van der Waals surface area contributed by atoms with Crippen molar-refractivity contribution in [3.8, 4) is 0 Å². The molecule has 1 nitrogen and oxygen atoms in total. The summed E-state index contributed by atoms with van der Waals surface area (Å²) < 4.78 is 0. The van der Waals surface area contributed by atoms with Crippen molar-refractivity contribution < 1.29 is 0 Å². The third-order valence-corrected chi connectivity index (χ3v) is 6.14. The molecule has 0 aliphatic heterocycles. The van der Waals surface area contributed by atoms with Gasteiger partial charge in [0.25, 0.3) is 0 Å². The third kappa shape index (κ3) is 5.10. The van der Waals surface area contributed by atoms with Crippen molar-refractivity contribution in [2.45, 2.75) is 72.3 Å². The van der Waals surface area contributed by atoms with Gasteiger partial charge < -0.3 is 5.32 Å². The van der Waals surface area contributed by atoms with Gasteiger partial charge in [0.2, 0.25) is 0 Å². The van der Waals surface area contributed by atoms with E-state index in [4.69, 9.17) is 0 Å². The fraction of sp³-hybridized carbons (Fsp3) is 0.789. The van der Waals surface area contributed by atoms with E-state index >= 15 is 0 Å². The summed E-state index contributed by atoms with van der Waals surface area (Å²) in [5.41, 5.74) is 0.469. The van der Waals surface area contributed by atoms with E-state index in [9.17, 15) is 0 Å². The molecule has 1 aliphatic rings. The maximum Gasteiger partial charge on any atom is 0.00956 e. The molecule has 1 fully saturated rings. The molecule has 1 saturated carbocycles. The van der Waals surface area contributed by atoms with Crippen molar-refractivity contribution >= 4 is 11.3 Å². The van der Waals surface area contributed by atoms with E-state index in [-0.39, 0.29) is 0 Å². The molecule has 3 atom stereocenters. The second-order valence-electron chi connectivity index (χ2n) is 7.81. The van der Waals surface area contributed by atoms with Gasteiger partial charge in [-0.3, -0.25) is 0 Å². The molecule has 1 aromatic rings. The Labute approximate surface area is 135 Å². The molecular formula is C19H33NS. The summed E-state index contributed by atoms with van der Waals surface area (Å²) in [5.74, 6) is 1.75. The molecule has 0 spiro atoms. The number of nitrogens with one attached hydrogen (secondary N) is 1. The molecule has 2 rings (SSSR count). The van der Waals surface area contributed by atoms with Gasteiger partial charge in [0, 0.05) is 10.9 Å². The van der Waals surface area contributed by atoms with E-state index in [2.05, 4.69) is 50.5 Å². The highest BCUT2D eigenvalue weighted by atomic mass is 32.1. The van der Waals surface area contributed by atoms with Crippen LogP contribution in [0.2, 0.25) is 0 Å². The zero-order chi connectivity index (χ0) is 15.3. The Hall–Kier alpha value is -0.340. The first-order valence-corrected chi connectivity index (χ1v) is 9.64. The van der Waals surface area contributed by atoms with Crippen LogP contribution in [0.25, 0.3) is 0 Å². The highest BCUT2D eigenvalue weighted by Crippen LogP contribution is 2.41. The van der Waals surface area contributed by atoms with Gasteiger partial charge in [-0.25, -0.2) is 0 Å². The summed E-state index contributed by atoms with van der Waals surface area (Å²) >= 11 is 1.92. The minimum Gasteiger partial charge on any atom is -0.314 e. The van der Waals surface area contributed by atoms with E-state index in [1.165, 1.54) is 45.1 Å². The summed E-state index contributed by atoms with van der Waals surface area (Å²) in [6.45, 7) is 10.7. The Morgan fingerprint density at radius 2 is 2.10 bits per heavy atom. The molecule has 1 aromatic heterocycles. The number of hydrogen-bond acceptors (Lipinski definition) is 2. The molecule has 120 valence electrons. The van der Waals surface area contributed by atoms with Crippen molar-refractivity contribution in [3.05, 3.63) is 22.4 Å². The van der Waals surface area contributed by atoms with Crippen LogP contribution >= 0.6 is 11.3 Å². The molecule has 21 heavy (non-hydrogen) atoms. The fourth-order valence-electron chi connectivity index (χ4n) is 3.75. The van der Waals surface area contributed by atoms with Gasteiger partial charge in [0.15, 0.2) is 0 Å². The summed E-state index contributed by atoms with van der Waals surface area (Å²) in [4.78, 5) is 1.56. The van der Waals surface area contributed by atoms with Gasteiger partial charge in [-0.05, 0) is 73.8 Å². The molecule has 3 unspecified atom stereocenters. The smallest absolute Gasteiger partial charge is 0.00956 e. The zero-order valence-corrected chi connectivity index (χ0v) is 15.1. The quantitative estimate of drug-likeness (QED) is 0.730. The van der Waals surface area contributed by atoms with E-state index in [1.807, 2.05) is 11.3 Å². The van der Waals surface area contributed by atoms with Gasteiger partial charge in [-0.1, -0.05) is 33.8 Å². The molecule has 0 bridgehead atoms. The Morgan fingerprint density at radius 3 is 2.71 bits per heavy atom. The van der Waals surface area contributed by atoms with Crippen molar-refractivity contribution in [1.82, 2.24) is 5.32 Å². The lowest BCUT2D eigenvalue weighted by Crippen LogP contribution is -2.43. The first-order valence-electron chi connectivity index (χ1n) is 8.76. The highest BCUT2D eigenvalue weighted by molar-refractivity contribution is 7.09. The van der Waals surface area contributed by atoms with Crippen LogP contribution in [0.15, 0.2) is 17.5 Å². The van der Waals surface area contributed by atoms with Crippen molar-refractivity contribution in [2.24, 2.45) is 17.3 Å². The monoisotopic (exact) mass is 307 g/mol. The maximum absolute atomic E-state index is 3.83. The molecular weight excluding hydrogens is 274 g/mol. The van der Waals surface area contributed by atoms with E-state index in [0.29, 0.717) is 5.41 Å². The van der Waals surface area contributed by atoms with Gasteiger partial charge in [0.05, 0.1) is 0 Å². The molecule has 0 amide bonds. The van der Waals surface area contributed by atoms with Crippen molar-refractivity contribution in [1.29, 1.82) is 0 Å². The molecule has 0 aromatic carbocycles. The predicted molar refractivity (Wildman–Crippen MR) is 95.0 cm³/mol. The van der Waals surface area contributed by atoms with E-state index in [0.717, 1.165) is 17.9 Å². The van der Waals surface area contributed by atoms with Crippen LogP contribution in [0, 0.1) is 17.3 Å². The average molecular weight is 308 g/mol. The molecule has 2 heteroatoms. The normalized spacial score (nSPS) is 27.0. The van der Waals surface area contributed by atoms with Crippen molar-refractivity contribution in [2.75, 3.05) is 6.54 Å². The van der Waals surface area contributed by atoms with Crippen LogP contribution in [0.3, 0.4) is 0 Å². The number of rotatable bonds is 6. The Morgan fingerprint density at radius 1 is 1.29 bits per heavy atom. The Balaban J connectivity index is 1.94. The van der Waals surface area contributed by atoms with Gasteiger partial charge in [0.1, 0.15) is 0 Å². The van der Waals surface area contributed by atoms with Crippen molar-refractivity contribution in [3.63, 3.8) is 0 Å². The van der Waals surface area contributed by atoms with Gasteiger partial charge in [-0.15, -0.1) is 11.3 Å². The number of aryl methyl sites for hydroxylation is 1. The standard InChI is InChI=1S/C19H33NS/c1-5-12-20-18-11-9-16(19(2,3)4)14-15(18)8-10-17-7-6-13-21-17/h6-7,13,15-16,18,20H,5,8-12,14H2,1-4H3. The van der Waals surface area contributed by atoms with E-state index in [1.54, 1.807) is 4.88 Å². The lowest BCUT2D eigenvalue weighted by atomic mass is 9.66. The topological polar surface area (TPSA) is 12.0 Å². The summed E-state index contributed by atoms with van der Waals surface area (Å²) in [7, 11) is 0.